The maximum atomic E-state index is 11.5. The van der Waals surface area contributed by atoms with E-state index in [9.17, 15) is 9.59 Å². The number of aromatic amines is 1. The average molecular weight is 288 g/mol. The van der Waals surface area contributed by atoms with Crippen molar-refractivity contribution in [2.45, 2.75) is 44.4 Å². The minimum atomic E-state index is -0.851. The van der Waals surface area contributed by atoms with Gasteiger partial charge in [-0.25, -0.2) is 9.89 Å². The number of hydrogen-bond acceptors (Lipinski definition) is 5. The summed E-state index contributed by atoms with van der Waals surface area (Å²) < 4.78 is 1.58. The minimum absolute atomic E-state index is 0.217. The van der Waals surface area contributed by atoms with E-state index in [-0.39, 0.29) is 5.69 Å². The summed E-state index contributed by atoms with van der Waals surface area (Å²) in [4.78, 5) is 22.4. The Bertz CT molecular complexity index is 457. The summed E-state index contributed by atoms with van der Waals surface area (Å²) in [7, 11) is 0. The summed E-state index contributed by atoms with van der Waals surface area (Å²) in [5.41, 5.74) is -0.217. The van der Waals surface area contributed by atoms with Crippen LogP contribution in [0.4, 0.5) is 0 Å². The Hall–Kier alpha value is -1.28. The molecule has 3 N–H and O–H groups in total. The van der Waals surface area contributed by atoms with Gasteiger partial charge >= 0.3 is 11.7 Å². The van der Waals surface area contributed by atoms with Gasteiger partial charge in [0.2, 0.25) is 0 Å². The number of H-pyrrole nitrogens is 1. The van der Waals surface area contributed by atoms with Gasteiger partial charge in [-0.2, -0.15) is 0 Å². The van der Waals surface area contributed by atoms with Crippen molar-refractivity contribution in [2.24, 2.45) is 0 Å². The van der Waals surface area contributed by atoms with Crippen LogP contribution in [0.1, 0.15) is 26.7 Å². The van der Waals surface area contributed by atoms with E-state index in [1.54, 1.807) is 4.57 Å². The number of carboxylic acid groups (broad SMARTS) is 1. The molecule has 1 aromatic heterocycles. The van der Waals surface area contributed by atoms with Crippen LogP contribution in [0.5, 0.6) is 0 Å². The minimum Gasteiger partial charge on any atom is -0.480 e. The highest BCUT2D eigenvalue weighted by Gasteiger charge is 2.16. The van der Waals surface area contributed by atoms with Gasteiger partial charge in [0.25, 0.3) is 0 Å². The smallest absolute Gasteiger partial charge is 0.343 e. The number of carbonyl (C=O) groups is 1. The first-order chi connectivity index (χ1) is 9.10. The molecule has 1 unspecified atom stereocenters. The fraction of sp³-hybridized carbons (Fsp3) is 0.727. The van der Waals surface area contributed by atoms with Crippen LogP contribution in [-0.4, -0.2) is 44.2 Å². The number of hydrogen-bond donors (Lipinski definition) is 3. The van der Waals surface area contributed by atoms with Crippen LogP contribution >= 0.6 is 11.8 Å². The third-order valence-corrected chi connectivity index (χ3v) is 3.57. The average Bonchev–Trinajstić information content (AvgIpc) is 2.71. The maximum Gasteiger partial charge on any atom is 0.343 e. The highest BCUT2D eigenvalue weighted by molar-refractivity contribution is 7.99. The second-order valence-corrected chi connectivity index (χ2v) is 5.11. The standard InChI is InChI=1S/C11H20N4O3S/c1-3-6-15-10(18)13-14-11(15)19-7-5-8(9(16)17)12-4-2/h8,12H,3-7H2,1-2H3,(H,13,18)(H,16,17). The van der Waals surface area contributed by atoms with Crippen molar-refractivity contribution in [3.05, 3.63) is 10.5 Å². The van der Waals surface area contributed by atoms with Gasteiger partial charge in [-0.3, -0.25) is 9.36 Å². The van der Waals surface area contributed by atoms with Crippen molar-refractivity contribution in [2.75, 3.05) is 12.3 Å². The zero-order chi connectivity index (χ0) is 14.3. The van der Waals surface area contributed by atoms with Crippen molar-refractivity contribution in [1.82, 2.24) is 20.1 Å². The molecular formula is C11H20N4O3S. The number of carboxylic acids is 1. The number of nitrogens with zero attached hydrogens (tertiary/aromatic N) is 2. The lowest BCUT2D eigenvalue weighted by Gasteiger charge is -2.12. The summed E-state index contributed by atoms with van der Waals surface area (Å²) in [6, 6.07) is -0.553. The van der Waals surface area contributed by atoms with Crippen LogP contribution < -0.4 is 11.0 Å². The molecule has 0 radical (unpaired) electrons. The first kappa shape index (κ1) is 15.8. The van der Waals surface area contributed by atoms with Gasteiger partial charge in [-0.15, -0.1) is 5.10 Å². The van der Waals surface area contributed by atoms with Crippen LogP contribution in [0.25, 0.3) is 0 Å². The highest BCUT2D eigenvalue weighted by atomic mass is 32.2. The van der Waals surface area contributed by atoms with Gasteiger partial charge in [0.1, 0.15) is 6.04 Å². The zero-order valence-corrected chi connectivity index (χ0v) is 12.0. The first-order valence-electron chi connectivity index (χ1n) is 6.34. The van der Waals surface area contributed by atoms with Crippen molar-refractivity contribution < 1.29 is 9.90 Å². The maximum absolute atomic E-state index is 11.5. The summed E-state index contributed by atoms with van der Waals surface area (Å²) in [5.74, 6) is -0.256. The van der Waals surface area contributed by atoms with Crippen molar-refractivity contribution in [3.8, 4) is 0 Å². The third-order valence-electron chi connectivity index (χ3n) is 2.56. The number of rotatable bonds is 9. The SMILES string of the molecule is CCCn1c(SCCC(NCC)C(=O)O)n[nH]c1=O. The molecule has 0 aliphatic rings. The van der Waals surface area contributed by atoms with Gasteiger partial charge in [0.05, 0.1) is 0 Å². The second-order valence-electron chi connectivity index (χ2n) is 4.05. The Labute approximate surface area is 115 Å². The molecule has 0 aromatic carbocycles. The van der Waals surface area contributed by atoms with E-state index in [0.717, 1.165) is 6.42 Å². The van der Waals surface area contributed by atoms with E-state index >= 15 is 0 Å². The van der Waals surface area contributed by atoms with Crippen LogP contribution in [0.3, 0.4) is 0 Å². The summed E-state index contributed by atoms with van der Waals surface area (Å²) in [6.45, 7) is 5.09. The lowest BCUT2D eigenvalue weighted by atomic mass is 10.2. The summed E-state index contributed by atoms with van der Waals surface area (Å²) in [5, 5.41) is 18.9. The molecule has 1 atom stereocenters. The Morgan fingerprint density at radius 1 is 1.58 bits per heavy atom. The lowest BCUT2D eigenvalue weighted by Crippen LogP contribution is -2.36. The molecule has 0 amide bonds. The normalized spacial score (nSPS) is 12.5. The van der Waals surface area contributed by atoms with Crippen LogP contribution in [-0.2, 0) is 11.3 Å². The molecule has 0 saturated heterocycles. The monoisotopic (exact) mass is 288 g/mol. The summed E-state index contributed by atoms with van der Waals surface area (Å²) >= 11 is 1.40. The molecule has 7 nitrogen and oxygen atoms in total. The highest BCUT2D eigenvalue weighted by Crippen LogP contribution is 2.15. The van der Waals surface area contributed by atoms with Crippen LogP contribution in [0.2, 0.25) is 0 Å². The Kier molecular flexibility index (Phi) is 6.65. The second kappa shape index (κ2) is 8.00. The predicted molar refractivity (Wildman–Crippen MR) is 73.6 cm³/mol. The van der Waals surface area contributed by atoms with Crippen molar-refractivity contribution in [3.63, 3.8) is 0 Å². The van der Waals surface area contributed by atoms with E-state index in [2.05, 4.69) is 15.5 Å². The molecule has 1 aromatic rings. The molecule has 19 heavy (non-hydrogen) atoms. The number of aliphatic carboxylic acids is 1. The van der Waals surface area contributed by atoms with Gasteiger partial charge in [-0.05, 0) is 19.4 Å². The van der Waals surface area contributed by atoms with Gasteiger partial charge in [-0.1, -0.05) is 25.6 Å². The Balaban J connectivity index is 2.52. The topological polar surface area (TPSA) is 100 Å². The quantitative estimate of drug-likeness (QED) is 0.573. The van der Waals surface area contributed by atoms with Crippen molar-refractivity contribution >= 4 is 17.7 Å². The molecule has 0 bridgehead atoms. The largest absolute Gasteiger partial charge is 0.480 e. The third kappa shape index (κ3) is 4.71. The molecule has 1 heterocycles. The fourth-order valence-electron chi connectivity index (χ4n) is 1.66. The van der Waals surface area contributed by atoms with E-state index in [0.29, 0.717) is 30.4 Å². The van der Waals surface area contributed by atoms with E-state index in [4.69, 9.17) is 5.11 Å². The first-order valence-corrected chi connectivity index (χ1v) is 7.32. The molecule has 0 fully saturated rings. The molecule has 1 rings (SSSR count). The number of likely N-dealkylation sites (N-methyl/N-ethyl adjacent to an activating group) is 1. The number of thioether (sulfide) groups is 1. The van der Waals surface area contributed by atoms with Crippen LogP contribution in [0, 0.1) is 0 Å². The Morgan fingerprint density at radius 2 is 2.32 bits per heavy atom. The Morgan fingerprint density at radius 3 is 2.89 bits per heavy atom. The lowest BCUT2D eigenvalue weighted by molar-refractivity contribution is -0.139. The molecule has 0 saturated carbocycles. The molecule has 108 valence electrons. The predicted octanol–water partition coefficient (Wildman–Crippen LogP) is 0.526. The number of nitrogens with one attached hydrogen (secondary N) is 2. The van der Waals surface area contributed by atoms with E-state index in [1.165, 1.54) is 11.8 Å². The molecule has 0 aliphatic carbocycles. The fourth-order valence-corrected chi connectivity index (χ4v) is 2.64. The van der Waals surface area contributed by atoms with Crippen molar-refractivity contribution in [1.29, 1.82) is 0 Å². The van der Waals surface area contributed by atoms with E-state index < -0.39 is 12.0 Å². The van der Waals surface area contributed by atoms with Gasteiger partial charge in [0, 0.05) is 12.3 Å². The van der Waals surface area contributed by atoms with Gasteiger partial charge in [0.15, 0.2) is 5.16 Å². The van der Waals surface area contributed by atoms with E-state index in [1.807, 2.05) is 13.8 Å². The van der Waals surface area contributed by atoms with Gasteiger partial charge < -0.3 is 10.4 Å². The van der Waals surface area contributed by atoms with Crippen LogP contribution in [0.15, 0.2) is 9.95 Å². The molecule has 0 spiro atoms. The molecule has 8 heteroatoms. The number of aromatic nitrogens is 3. The molecular weight excluding hydrogens is 268 g/mol. The summed E-state index contributed by atoms with van der Waals surface area (Å²) in [6.07, 6.45) is 1.34. The zero-order valence-electron chi connectivity index (χ0n) is 11.2. The molecule has 0 aliphatic heterocycles.